The van der Waals surface area contributed by atoms with Gasteiger partial charge in [0.1, 0.15) is 0 Å². The molecule has 2 unspecified atom stereocenters. The fourth-order valence-corrected chi connectivity index (χ4v) is 1.12. The van der Waals surface area contributed by atoms with Crippen molar-refractivity contribution in [1.82, 2.24) is 0 Å². The molecule has 0 spiro atoms. The highest BCUT2D eigenvalue weighted by atomic mass is 14.6. The molecule has 0 bridgehead atoms. The van der Waals surface area contributed by atoms with Gasteiger partial charge >= 0.3 is 0 Å². The zero-order chi connectivity index (χ0) is 7.56. The van der Waals surface area contributed by atoms with Gasteiger partial charge in [-0.3, -0.25) is 0 Å². The largest absolute Gasteiger partial charge is 0.327 e. The Labute approximate surface area is 62.6 Å². The molecule has 10 heavy (non-hydrogen) atoms. The molecule has 2 atom stereocenters. The third-order valence-electron chi connectivity index (χ3n) is 2.11. The first-order valence-corrected chi connectivity index (χ1v) is 3.84. The molecule has 0 aliphatic heterocycles. The Morgan fingerprint density at radius 3 is 2.60 bits per heavy atom. The summed E-state index contributed by atoms with van der Waals surface area (Å²) in [4.78, 5) is 0. The molecule has 2 N–H and O–H groups in total. The fourth-order valence-electron chi connectivity index (χ4n) is 1.12. The topological polar surface area (TPSA) is 26.0 Å². The van der Waals surface area contributed by atoms with E-state index in [0.29, 0.717) is 5.92 Å². The number of allylic oxidation sites excluding steroid dienone is 3. The average Bonchev–Trinajstić information content (AvgIpc) is 2.36. The smallest absolute Gasteiger partial charge is 0.00765 e. The van der Waals surface area contributed by atoms with E-state index in [1.165, 1.54) is 5.57 Å². The minimum atomic E-state index is 0.272. The summed E-state index contributed by atoms with van der Waals surface area (Å²) in [5, 5.41) is 0. The van der Waals surface area contributed by atoms with Gasteiger partial charge in [0, 0.05) is 6.04 Å². The normalized spacial score (nSPS) is 22.5. The predicted octanol–water partition coefficient (Wildman–Crippen LogP) is 1.86. The van der Waals surface area contributed by atoms with Crippen molar-refractivity contribution in [1.29, 1.82) is 0 Å². The Bertz CT molecular complexity index is 166. The minimum Gasteiger partial charge on any atom is -0.327 e. The van der Waals surface area contributed by atoms with Gasteiger partial charge in [-0.25, -0.2) is 0 Å². The minimum absolute atomic E-state index is 0.272. The van der Waals surface area contributed by atoms with Crippen LogP contribution in [0.5, 0.6) is 0 Å². The summed E-state index contributed by atoms with van der Waals surface area (Å²) in [6, 6.07) is 0.272. The van der Waals surface area contributed by atoms with E-state index >= 15 is 0 Å². The molecule has 0 aromatic heterocycles. The lowest BCUT2D eigenvalue weighted by molar-refractivity contribution is 0.564. The van der Waals surface area contributed by atoms with Gasteiger partial charge in [-0.2, -0.15) is 0 Å². The van der Waals surface area contributed by atoms with Gasteiger partial charge in [0.25, 0.3) is 0 Å². The third-order valence-corrected chi connectivity index (χ3v) is 2.11. The molecule has 1 nitrogen and oxygen atoms in total. The van der Waals surface area contributed by atoms with Gasteiger partial charge in [-0.15, -0.1) is 0 Å². The number of hydrogen-bond acceptors (Lipinski definition) is 1. The first kappa shape index (κ1) is 7.55. The first-order valence-electron chi connectivity index (χ1n) is 3.84. The number of hydrogen-bond donors (Lipinski definition) is 1. The van der Waals surface area contributed by atoms with Crippen molar-refractivity contribution in [2.75, 3.05) is 0 Å². The summed E-state index contributed by atoms with van der Waals surface area (Å²) in [6.45, 7) is 4.23. The maximum atomic E-state index is 5.74. The van der Waals surface area contributed by atoms with E-state index in [9.17, 15) is 0 Å². The molecule has 1 heteroatoms. The van der Waals surface area contributed by atoms with Crippen LogP contribution >= 0.6 is 0 Å². The van der Waals surface area contributed by atoms with E-state index in [1.807, 2.05) is 0 Å². The maximum Gasteiger partial charge on any atom is 0.00765 e. The third kappa shape index (κ3) is 1.48. The summed E-state index contributed by atoms with van der Waals surface area (Å²) < 4.78 is 0. The zero-order valence-electron chi connectivity index (χ0n) is 6.67. The lowest BCUT2D eigenvalue weighted by Gasteiger charge is -2.14. The Morgan fingerprint density at radius 1 is 1.50 bits per heavy atom. The Kier molecular flexibility index (Phi) is 2.28. The molecule has 1 aliphatic carbocycles. The van der Waals surface area contributed by atoms with Crippen molar-refractivity contribution in [3.63, 3.8) is 0 Å². The number of rotatable bonds is 2. The SMILES string of the molecule is CC(N)C(C)C1=CCC=C1. The first-order chi connectivity index (χ1) is 4.72. The standard InChI is InChI=1S/C9H15N/c1-7(8(2)10)9-5-3-4-6-9/h3,5-8H,4,10H2,1-2H3. The van der Waals surface area contributed by atoms with Crippen molar-refractivity contribution >= 4 is 0 Å². The van der Waals surface area contributed by atoms with Crippen LogP contribution in [0.1, 0.15) is 20.3 Å². The molecule has 0 saturated heterocycles. The number of nitrogens with two attached hydrogens (primary N) is 1. The van der Waals surface area contributed by atoms with Crippen LogP contribution < -0.4 is 5.73 Å². The quantitative estimate of drug-likeness (QED) is 0.617. The van der Waals surface area contributed by atoms with Gasteiger partial charge < -0.3 is 5.73 Å². The summed E-state index contributed by atoms with van der Waals surface area (Å²) in [5.74, 6) is 0.513. The molecule has 1 rings (SSSR count). The van der Waals surface area contributed by atoms with Crippen LogP contribution in [0.4, 0.5) is 0 Å². The summed E-state index contributed by atoms with van der Waals surface area (Å²) in [5.41, 5.74) is 7.14. The molecular weight excluding hydrogens is 122 g/mol. The Morgan fingerprint density at radius 2 is 2.20 bits per heavy atom. The second-order valence-electron chi connectivity index (χ2n) is 2.99. The van der Waals surface area contributed by atoms with Crippen molar-refractivity contribution in [2.24, 2.45) is 11.7 Å². The predicted molar refractivity (Wildman–Crippen MR) is 44.7 cm³/mol. The lowest BCUT2D eigenvalue weighted by atomic mass is 9.96. The molecule has 0 fully saturated rings. The van der Waals surface area contributed by atoms with E-state index in [-0.39, 0.29) is 6.04 Å². The Hall–Kier alpha value is -0.560. The molecule has 56 valence electrons. The zero-order valence-corrected chi connectivity index (χ0v) is 6.67. The molecule has 0 amide bonds. The molecule has 0 heterocycles. The monoisotopic (exact) mass is 137 g/mol. The fraction of sp³-hybridized carbons (Fsp3) is 0.556. The summed E-state index contributed by atoms with van der Waals surface area (Å²) >= 11 is 0. The van der Waals surface area contributed by atoms with E-state index in [1.54, 1.807) is 0 Å². The van der Waals surface area contributed by atoms with Crippen LogP contribution in [0.15, 0.2) is 23.8 Å². The van der Waals surface area contributed by atoms with Crippen LogP contribution in [-0.2, 0) is 0 Å². The molecule has 1 aliphatic rings. The lowest BCUT2D eigenvalue weighted by Crippen LogP contribution is -2.24. The van der Waals surface area contributed by atoms with Gasteiger partial charge in [0.15, 0.2) is 0 Å². The van der Waals surface area contributed by atoms with E-state index < -0.39 is 0 Å². The highest BCUT2D eigenvalue weighted by Gasteiger charge is 2.11. The van der Waals surface area contributed by atoms with Gasteiger partial charge in [-0.05, 0) is 24.8 Å². The van der Waals surface area contributed by atoms with Crippen LogP contribution in [0.3, 0.4) is 0 Å². The molecule has 0 aromatic carbocycles. The van der Waals surface area contributed by atoms with Crippen molar-refractivity contribution in [3.8, 4) is 0 Å². The summed E-state index contributed by atoms with van der Waals surface area (Å²) in [6.07, 6.45) is 7.68. The molecular formula is C9H15N. The molecule has 0 saturated carbocycles. The van der Waals surface area contributed by atoms with Crippen molar-refractivity contribution < 1.29 is 0 Å². The van der Waals surface area contributed by atoms with Crippen LogP contribution in [0.2, 0.25) is 0 Å². The average molecular weight is 137 g/mol. The second kappa shape index (κ2) is 3.02. The van der Waals surface area contributed by atoms with Crippen LogP contribution in [0.25, 0.3) is 0 Å². The van der Waals surface area contributed by atoms with E-state index in [2.05, 4.69) is 32.1 Å². The molecule has 0 radical (unpaired) electrons. The van der Waals surface area contributed by atoms with Gasteiger partial charge in [0.2, 0.25) is 0 Å². The Balaban J connectivity index is 2.56. The highest BCUT2D eigenvalue weighted by Crippen LogP contribution is 2.19. The van der Waals surface area contributed by atoms with E-state index in [0.717, 1.165) is 6.42 Å². The van der Waals surface area contributed by atoms with Gasteiger partial charge in [0.05, 0.1) is 0 Å². The van der Waals surface area contributed by atoms with Crippen LogP contribution in [0, 0.1) is 5.92 Å². The summed E-state index contributed by atoms with van der Waals surface area (Å²) in [7, 11) is 0. The second-order valence-corrected chi connectivity index (χ2v) is 2.99. The van der Waals surface area contributed by atoms with Gasteiger partial charge in [-0.1, -0.05) is 25.2 Å². The maximum absolute atomic E-state index is 5.74. The van der Waals surface area contributed by atoms with Crippen molar-refractivity contribution in [3.05, 3.63) is 23.8 Å². The molecule has 0 aromatic rings. The van der Waals surface area contributed by atoms with E-state index in [4.69, 9.17) is 5.73 Å². The highest BCUT2D eigenvalue weighted by molar-refractivity contribution is 5.28. The van der Waals surface area contributed by atoms with Crippen LogP contribution in [-0.4, -0.2) is 6.04 Å². The van der Waals surface area contributed by atoms with Crippen molar-refractivity contribution in [2.45, 2.75) is 26.3 Å².